The third kappa shape index (κ3) is 2.98. The summed E-state index contributed by atoms with van der Waals surface area (Å²) in [7, 11) is 0. The van der Waals surface area contributed by atoms with Crippen molar-refractivity contribution in [3.63, 3.8) is 0 Å². The average molecular weight is 264 g/mol. The van der Waals surface area contributed by atoms with Crippen molar-refractivity contribution in [2.24, 2.45) is 0 Å². The van der Waals surface area contributed by atoms with Gasteiger partial charge in [-0.3, -0.25) is 4.90 Å². The van der Waals surface area contributed by atoms with Gasteiger partial charge in [0.25, 0.3) is 0 Å². The van der Waals surface area contributed by atoms with Gasteiger partial charge >= 0.3 is 0 Å². The Bertz CT molecular complexity index is 394. The fourth-order valence-electron chi connectivity index (χ4n) is 3.17. The van der Waals surface area contributed by atoms with E-state index in [0.29, 0.717) is 5.92 Å². The molecule has 2 fully saturated rings. The van der Waals surface area contributed by atoms with Gasteiger partial charge in [-0.1, -0.05) is 24.4 Å². The molecule has 2 aliphatic rings. The Kier molecular flexibility index (Phi) is 4.13. The third-order valence-electron chi connectivity index (χ3n) is 4.48. The highest BCUT2D eigenvalue weighted by Gasteiger charge is 2.26. The zero-order valence-corrected chi connectivity index (χ0v) is 11.8. The van der Waals surface area contributed by atoms with E-state index in [1.54, 1.807) is 0 Å². The molecule has 1 atom stereocenters. The Morgan fingerprint density at radius 1 is 1.21 bits per heavy atom. The molecule has 5 heteroatoms. The van der Waals surface area contributed by atoms with E-state index in [9.17, 15) is 0 Å². The van der Waals surface area contributed by atoms with Crippen molar-refractivity contribution in [2.75, 3.05) is 26.2 Å². The Labute approximate surface area is 114 Å². The van der Waals surface area contributed by atoms with E-state index in [4.69, 9.17) is 4.52 Å². The molecule has 3 rings (SSSR count). The molecule has 1 saturated carbocycles. The second kappa shape index (κ2) is 6.01. The van der Waals surface area contributed by atoms with Gasteiger partial charge in [0.15, 0.2) is 5.82 Å². The molecule has 1 aliphatic heterocycles. The molecule has 0 bridgehead atoms. The van der Waals surface area contributed by atoms with Crippen molar-refractivity contribution in [2.45, 2.75) is 51.0 Å². The fourth-order valence-corrected chi connectivity index (χ4v) is 3.17. The molecule has 1 aromatic heterocycles. The topological polar surface area (TPSA) is 54.2 Å². The Morgan fingerprint density at radius 2 is 1.95 bits per heavy atom. The quantitative estimate of drug-likeness (QED) is 0.906. The van der Waals surface area contributed by atoms with Crippen molar-refractivity contribution >= 4 is 0 Å². The maximum absolute atomic E-state index is 5.51. The van der Waals surface area contributed by atoms with Crippen molar-refractivity contribution in [1.82, 2.24) is 20.4 Å². The van der Waals surface area contributed by atoms with Crippen LogP contribution in [0.4, 0.5) is 0 Å². The van der Waals surface area contributed by atoms with Gasteiger partial charge in [-0.05, 0) is 19.8 Å². The van der Waals surface area contributed by atoms with Gasteiger partial charge in [0.2, 0.25) is 5.89 Å². The summed E-state index contributed by atoms with van der Waals surface area (Å²) in [6.07, 6.45) is 6.42. The first-order valence-electron chi connectivity index (χ1n) is 7.63. The highest BCUT2D eigenvalue weighted by Crippen LogP contribution is 2.31. The summed E-state index contributed by atoms with van der Waals surface area (Å²) >= 11 is 0. The maximum Gasteiger partial charge on any atom is 0.243 e. The van der Waals surface area contributed by atoms with E-state index in [1.807, 2.05) is 0 Å². The molecular formula is C14H24N4O. The van der Waals surface area contributed by atoms with Crippen molar-refractivity contribution in [1.29, 1.82) is 0 Å². The zero-order valence-electron chi connectivity index (χ0n) is 11.8. The van der Waals surface area contributed by atoms with Gasteiger partial charge < -0.3 is 9.84 Å². The zero-order chi connectivity index (χ0) is 13.1. The number of hydrogen-bond acceptors (Lipinski definition) is 5. The standard InChI is InChI=1S/C14H24N4O/c1-11(18-9-7-15-8-10-18)14-16-13(17-19-14)12-5-3-2-4-6-12/h11-12,15H,2-10H2,1H3. The van der Waals surface area contributed by atoms with Gasteiger partial charge in [0, 0.05) is 32.1 Å². The summed E-state index contributed by atoms with van der Waals surface area (Å²) in [5.41, 5.74) is 0. The lowest BCUT2D eigenvalue weighted by Crippen LogP contribution is -2.44. The monoisotopic (exact) mass is 264 g/mol. The first-order valence-corrected chi connectivity index (χ1v) is 7.63. The molecule has 0 spiro atoms. The molecule has 106 valence electrons. The first kappa shape index (κ1) is 13.1. The second-order valence-electron chi connectivity index (χ2n) is 5.79. The molecule has 19 heavy (non-hydrogen) atoms. The highest BCUT2D eigenvalue weighted by atomic mass is 16.5. The molecule has 1 aliphatic carbocycles. The third-order valence-corrected chi connectivity index (χ3v) is 4.48. The maximum atomic E-state index is 5.51. The van der Waals surface area contributed by atoms with Gasteiger partial charge in [-0.2, -0.15) is 4.98 Å². The summed E-state index contributed by atoms with van der Waals surface area (Å²) < 4.78 is 5.51. The van der Waals surface area contributed by atoms with Crippen LogP contribution in [0.25, 0.3) is 0 Å². The van der Waals surface area contributed by atoms with Crippen molar-refractivity contribution in [3.8, 4) is 0 Å². The van der Waals surface area contributed by atoms with E-state index in [-0.39, 0.29) is 6.04 Å². The minimum Gasteiger partial charge on any atom is -0.338 e. The lowest BCUT2D eigenvalue weighted by Gasteiger charge is -2.30. The molecule has 1 saturated heterocycles. The predicted octanol–water partition coefficient (Wildman–Crippen LogP) is 2.08. The average Bonchev–Trinajstić information content (AvgIpc) is 2.98. The molecule has 2 heterocycles. The van der Waals surface area contributed by atoms with Crippen LogP contribution in [-0.4, -0.2) is 41.2 Å². The van der Waals surface area contributed by atoms with Crippen molar-refractivity contribution in [3.05, 3.63) is 11.7 Å². The van der Waals surface area contributed by atoms with Crippen LogP contribution in [-0.2, 0) is 0 Å². The number of aromatic nitrogens is 2. The molecule has 0 radical (unpaired) electrons. The molecule has 1 N–H and O–H groups in total. The first-order chi connectivity index (χ1) is 9.34. The minimum atomic E-state index is 0.243. The summed E-state index contributed by atoms with van der Waals surface area (Å²) in [6.45, 7) is 6.38. The number of nitrogens with zero attached hydrogens (tertiary/aromatic N) is 3. The molecule has 1 aromatic rings. The van der Waals surface area contributed by atoms with Crippen LogP contribution in [0.5, 0.6) is 0 Å². The van der Waals surface area contributed by atoms with Gasteiger partial charge in [0.1, 0.15) is 0 Å². The summed E-state index contributed by atoms with van der Waals surface area (Å²) in [5, 5.41) is 7.60. The van der Waals surface area contributed by atoms with E-state index >= 15 is 0 Å². The van der Waals surface area contributed by atoms with Crippen LogP contribution in [0.3, 0.4) is 0 Å². The van der Waals surface area contributed by atoms with E-state index < -0.39 is 0 Å². The number of piperazine rings is 1. The number of nitrogens with one attached hydrogen (secondary N) is 1. The Balaban J connectivity index is 1.65. The lowest BCUT2D eigenvalue weighted by atomic mass is 9.89. The van der Waals surface area contributed by atoms with Crippen LogP contribution in [0, 0.1) is 0 Å². The smallest absolute Gasteiger partial charge is 0.243 e. The van der Waals surface area contributed by atoms with Gasteiger partial charge in [-0.15, -0.1) is 0 Å². The SMILES string of the molecule is CC(c1nc(C2CCCCC2)no1)N1CCNCC1. The molecule has 0 amide bonds. The predicted molar refractivity (Wildman–Crippen MR) is 73.0 cm³/mol. The fraction of sp³-hybridized carbons (Fsp3) is 0.857. The largest absolute Gasteiger partial charge is 0.338 e. The Hall–Kier alpha value is -0.940. The van der Waals surface area contributed by atoms with E-state index in [0.717, 1.165) is 37.9 Å². The summed E-state index contributed by atoms with van der Waals surface area (Å²) in [6, 6.07) is 0.243. The molecule has 5 nitrogen and oxygen atoms in total. The lowest BCUT2D eigenvalue weighted by molar-refractivity contribution is 0.154. The van der Waals surface area contributed by atoms with Crippen LogP contribution in [0.2, 0.25) is 0 Å². The minimum absolute atomic E-state index is 0.243. The number of rotatable bonds is 3. The summed E-state index contributed by atoms with van der Waals surface area (Å²) in [5.74, 6) is 2.26. The van der Waals surface area contributed by atoms with Crippen LogP contribution in [0.1, 0.15) is 62.7 Å². The van der Waals surface area contributed by atoms with Crippen LogP contribution in [0.15, 0.2) is 4.52 Å². The van der Waals surface area contributed by atoms with E-state index in [2.05, 4.69) is 27.3 Å². The molecular weight excluding hydrogens is 240 g/mol. The highest BCUT2D eigenvalue weighted by molar-refractivity contribution is 4.99. The van der Waals surface area contributed by atoms with Gasteiger partial charge in [0.05, 0.1) is 6.04 Å². The van der Waals surface area contributed by atoms with E-state index in [1.165, 1.54) is 32.1 Å². The second-order valence-corrected chi connectivity index (χ2v) is 5.79. The molecule has 0 aromatic carbocycles. The normalized spacial score (nSPS) is 24.5. The molecule has 1 unspecified atom stereocenters. The van der Waals surface area contributed by atoms with Crippen molar-refractivity contribution < 1.29 is 4.52 Å². The summed E-state index contributed by atoms with van der Waals surface area (Å²) in [4.78, 5) is 7.08. The number of hydrogen-bond donors (Lipinski definition) is 1. The Morgan fingerprint density at radius 3 is 2.68 bits per heavy atom. The van der Waals surface area contributed by atoms with Gasteiger partial charge in [-0.25, -0.2) is 0 Å². The van der Waals surface area contributed by atoms with Crippen LogP contribution < -0.4 is 5.32 Å². The van der Waals surface area contributed by atoms with Crippen LogP contribution >= 0.6 is 0 Å².